The fraction of sp³-hybridized carbons (Fsp3) is 0.538. The van der Waals surface area contributed by atoms with Crippen LogP contribution in [0.4, 0.5) is 5.69 Å². The Morgan fingerprint density at radius 3 is 3.06 bits per heavy atom. The lowest BCUT2D eigenvalue weighted by Gasteiger charge is -2.36. The normalized spacial score (nSPS) is 20.6. The first kappa shape index (κ1) is 12.9. The molecule has 0 aliphatic carbocycles. The third-order valence-corrected chi connectivity index (χ3v) is 3.58. The minimum absolute atomic E-state index is 0.439. The molecule has 0 spiro atoms. The van der Waals surface area contributed by atoms with Crippen molar-refractivity contribution in [3.63, 3.8) is 0 Å². The van der Waals surface area contributed by atoms with Crippen molar-refractivity contribution in [3.8, 4) is 0 Å². The molecule has 0 radical (unpaired) electrons. The molecule has 0 saturated carbocycles. The maximum atomic E-state index is 5.49. The van der Waals surface area contributed by atoms with Crippen LogP contribution in [0.25, 0.3) is 0 Å². The van der Waals surface area contributed by atoms with Gasteiger partial charge in [-0.25, -0.2) is 0 Å². The van der Waals surface area contributed by atoms with Crippen LogP contribution in [-0.2, 0) is 11.3 Å². The third kappa shape index (κ3) is 3.00. The maximum absolute atomic E-state index is 5.49. The van der Waals surface area contributed by atoms with E-state index in [0.717, 1.165) is 30.8 Å². The van der Waals surface area contributed by atoms with Gasteiger partial charge in [-0.3, -0.25) is 0 Å². The summed E-state index contributed by atoms with van der Waals surface area (Å²) >= 11 is 3.56. The number of rotatable bonds is 3. The summed E-state index contributed by atoms with van der Waals surface area (Å²) in [5.41, 5.74) is 2.65. The molecule has 94 valence electrons. The van der Waals surface area contributed by atoms with Crippen LogP contribution in [0.1, 0.15) is 12.5 Å². The number of nitrogens with zero attached hydrogens (tertiary/aromatic N) is 1. The summed E-state index contributed by atoms with van der Waals surface area (Å²) in [6, 6.07) is 6.92. The predicted molar refractivity (Wildman–Crippen MR) is 74.5 cm³/mol. The lowest BCUT2D eigenvalue weighted by atomic mass is 10.1. The third-order valence-electron chi connectivity index (χ3n) is 3.09. The number of morpholine rings is 1. The van der Waals surface area contributed by atoms with Crippen LogP contribution in [0.5, 0.6) is 0 Å². The lowest BCUT2D eigenvalue weighted by molar-refractivity contribution is 0.0988. The Balaban J connectivity index is 2.30. The van der Waals surface area contributed by atoms with E-state index < -0.39 is 0 Å². The van der Waals surface area contributed by atoms with Gasteiger partial charge in [0, 0.05) is 29.3 Å². The van der Waals surface area contributed by atoms with Gasteiger partial charge in [0.2, 0.25) is 0 Å². The SMILES string of the molecule is CNCc1ccc(Br)cc1N1CCOCC1C. The van der Waals surface area contributed by atoms with Gasteiger partial charge in [0.1, 0.15) is 0 Å². The molecule has 1 unspecified atom stereocenters. The van der Waals surface area contributed by atoms with E-state index in [1.54, 1.807) is 0 Å². The Kier molecular flexibility index (Phi) is 4.42. The number of anilines is 1. The van der Waals surface area contributed by atoms with Crippen LogP contribution in [-0.4, -0.2) is 32.8 Å². The Hall–Kier alpha value is -0.580. The summed E-state index contributed by atoms with van der Waals surface area (Å²) in [7, 11) is 1.98. The molecule has 17 heavy (non-hydrogen) atoms. The van der Waals surface area contributed by atoms with Crippen LogP contribution in [0.15, 0.2) is 22.7 Å². The maximum Gasteiger partial charge on any atom is 0.0668 e. The predicted octanol–water partition coefficient (Wildman–Crippen LogP) is 2.39. The second-order valence-corrected chi connectivity index (χ2v) is 5.34. The molecule has 0 bridgehead atoms. The average Bonchev–Trinajstić information content (AvgIpc) is 2.32. The Labute approximate surface area is 111 Å². The van der Waals surface area contributed by atoms with Crippen molar-refractivity contribution in [1.29, 1.82) is 0 Å². The summed E-state index contributed by atoms with van der Waals surface area (Å²) in [5.74, 6) is 0. The van der Waals surface area contributed by atoms with Crippen LogP contribution >= 0.6 is 15.9 Å². The van der Waals surface area contributed by atoms with E-state index in [1.807, 2.05) is 7.05 Å². The van der Waals surface area contributed by atoms with E-state index in [2.05, 4.69) is 51.3 Å². The number of hydrogen-bond acceptors (Lipinski definition) is 3. The van der Waals surface area contributed by atoms with E-state index in [9.17, 15) is 0 Å². The number of benzene rings is 1. The second-order valence-electron chi connectivity index (χ2n) is 4.42. The number of halogens is 1. The van der Waals surface area contributed by atoms with Crippen molar-refractivity contribution in [1.82, 2.24) is 5.32 Å². The zero-order valence-electron chi connectivity index (χ0n) is 10.4. The summed E-state index contributed by atoms with van der Waals surface area (Å²) in [5, 5.41) is 3.22. The molecule has 1 aliphatic rings. The molecule has 1 aliphatic heterocycles. The number of hydrogen-bond donors (Lipinski definition) is 1. The first-order valence-electron chi connectivity index (χ1n) is 6.00. The fourth-order valence-electron chi connectivity index (χ4n) is 2.23. The van der Waals surface area contributed by atoms with E-state index in [-0.39, 0.29) is 0 Å². The fourth-order valence-corrected chi connectivity index (χ4v) is 2.58. The van der Waals surface area contributed by atoms with Crippen LogP contribution in [0, 0.1) is 0 Å². The van der Waals surface area contributed by atoms with E-state index >= 15 is 0 Å². The standard InChI is InChI=1S/C13H19BrN2O/c1-10-9-17-6-5-16(10)13-7-12(14)4-3-11(13)8-15-2/h3-4,7,10,15H,5-6,8-9H2,1-2H3. The van der Waals surface area contributed by atoms with E-state index in [4.69, 9.17) is 4.74 Å². The van der Waals surface area contributed by atoms with Crippen molar-refractivity contribution in [2.24, 2.45) is 0 Å². The van der Waals surface area contributed by atoms with Crippen molar-refractivity contribution in [2.75, 3.05) is 31.7 Å². The number of ether oxygens (including phenoxy) is 1. The van der Waals surface area contributed by atoms with Crippen LogP contribution in [0.2, 0.25) is 0 Å². The highest BCUT2D eigenvalue weighted by Crippen LogP contribution is 2.28. The van der Waals surface area contributed by atoms with Crippen molar-refractivity contribution >= 4 is 21.6 Å². The highest BCUT2D eigenvalue weighted by molar-refractivity contribution is 9.10. The smallest absolute Gasteiger partial charge is 0.0668 e. The minimum Gasteiger partial charge on any atom is -0.377 e. The Morgan fingerprint density at radius 2 is 2.35 bits per heavy atom. The zero-order valence-corrected chi connectivity index (χ0v) is 12.0. The Bertz CT molecular complexity index is 384. The molecule has 1 aromatic carbocycles. The van der Waals surface area contributed by atoms with Crippen molar-refractivity contribution in [3.05, 3.63) is 28.2 Å². The molecule has 1 heterocycles. The summed E-state index contributed by atoms with van der Waals surface area (Å²) in [6.45, 7) is 5.70. The molecule has 1 fully saturated rings. The second kappa shape index (κ2) is 5.85. The monoisotopic (exact) mass is 298 g/mol. The van der Waals surface area contributed by atoms with Gasteiger partial charge >= 0.3 is 0 Å². The quantitative estimate of drug-likeness (QED) is 0.927. The van der Waals surface area contributed by atoms with Gasteiger partial charge in [-0.05, 0) is 31.7 Å². The minimum atomic E-state index is 0.439. The molecule has 4 heteroatoms. The summed E-state index contributed by atoms with van der Waals surface area (Å²) < 4.78 is 6.63. The van der Waals surface area contributed by atoms with Crippen molar-refractivity contribution in [2.45, 2.75) is 19.5 Å². The molecule has 0 amide bonds. The zero-order chi connectivity index (χ0) is 12.3. The Morgan fingerprint density at radius 1 is 1.53 bits per heavy atom. The summed E-state index contributed by atoms with van der Waals surface area (Å²) in [6.07, 6.45) is 0. The van der Waals surface area contributed by atoms with Gasteiger partial charge in [0.05, 0.1) is 13.2 Å². The highest BCUT2D eigenvalue weighted by atomic mass is 79.9. The van der Waals surface area contributed by atoms with Gasteiger partial charge < -0.3 is 15.0 Å². The van der Waals surface area contributed by atoms with Gasteiger partial charge in [0.15, 0.2) is 0 Å². The number of nitrogens with one attached hydrogen (secondary N) is 1. The first-order chi connectivity index (χ1) is 8.22. The van der Waals surface area contributed by atoms with Gasteiger partial charge in [-0.15, -0.1) is 0 Å². The molecular weight excluding hydrogens is 280 g/mol. The molecule has 1 N–H and O–H groups in total. The molecule has 2 rings (SSSR count). The van der Waals surface area contributed by atoms with Crippen LogP contribution < -0.4 is 10.2 Å². The lowest BCUT2D eigenvalue weighted by Crippen LogP contribution is -2.44. The molecular formula is C13H19BrN2O. The molecule has 3 nitrogen and oxygen atoms in total. The molecule has 1 aromatic rings. The molecule has 0 aromatic heterocycles. The van der Waals surface area contributed by atoms with E-state index in [1.165, 1.54) is 11.3 Å². The van der Waals surface area contributed by atoms with Crippen molar-refractivity contribution < 1.29 is 4.74 Å². The van der Waals surface area contributed by atoms with Gasteiger partial charge in [-0.1, -0.05) is 22.0 Å². The average molecular weight is 299 g/mol. The molecule has 1 saturated heterocycles. The topological polar surface area (TPSA) is 24.5 Å². The van der Waals surface area contributed by atoms with Gasteiger partial charge in [0.25, 0.3) is 0 Å². The highest BCUT2D eigenvalue weighted by Gasteiger charge is 2.21. The van der Waals surface area contributed by atoms with E-state index in [0.29, 0.717) is 6.04 Å². The van der Waals surface area contributed by atoms with Gasteiger partial charge in [-0.2, -0.15) is 0 Å². The first-order valence-corrected chi connectivity index (χ1v) is 6.79. The van der Waals surface area contributed by atoms with Crippen LogP contribution in [0.3, 0.4) is 0 Å². The largest absolute Gasteiger partial charge is 0.377 e. The summed E-state index contributed by atoms with van der Waals surface area (Å²) in [4.78, 5) is 2.43. The molecule has 1 atom stereocenters.